The number of rotatable bonds is 10. The van der Waals surface area contributed by atoms with Crippen LogP contribution in [0.25, 0.3) is 0 Å². The van der Waals surface area contributed by atoms with Crippen LogP contribution < -0.4 is 0 Å². The summed E-state index contributed by atoms with van der Waals surface area (Å²) in [5, 5.41) is 8.54. The summed E-state index contributed by atoms with van der Waals surface area (Å²) in [6, 6.07) is 0. The van der Waals surface area contributed by atoms with Gasteiger partial charge in [0.25, 0.3) is 6.43 Å². The minimum Gasteiger partial charge on any atom is -0.396 e. The fraction of sp³-hybridized carbons (Fsp3) is 0.833. The molecular weight excluding hydrogens is 198 g/mol. The maximum absolute atomic E-state index is 11.7. The third-order valence-corrected chi connectivity index (χ3v) is 2.31. The minimum absolute atomic E-state index is 0.290. The molecule has 15 heavy (non-hydrogen) atoms. The van der Waals surface area contributed by atoms with E-state index < -0.39 is 6.43 Å². The predicted molar refractivity (Wildman–Crippen MR) is 59.2 cm³/mol. The van der Waals surface area contributed by atoms with Crippen LogP contribution in [0.15, 0.2) is 12.2 Å². The summed E-state index contributed by atoms with van der Waals surface area (Å²) >= 11 is 0. The Labute approximate surface area is 91.2 Å². The van der Waals surface area contributed by atoms with Crippen molar-refractivity contribution in [2.24, 2.45) is 0 Å². The van der Waals surface area contributed by atoms with E-state index in [0.717, 1.165) is 38.2 Å². The van der Waals surface area contributed by atoms with Gasteiger partial charge in [0.15, 0.2) is 0 Å². The van der Waals surface area contributed by atoms with Crippen LogP contribution in [0.3, 0.4) is 0 Å². The van der Waals surface area contributed by atoms with E-state index >= 15 is 0 Å². The zero-order valence-electron chi connectivity index (χ0n) is 9.30. The second-order valence-corrected chi connectivity index (χ2v) is 3.75. The number of aliphatic hydroxyl groups is 1. The number of unbranched alkanes of at least 4 members (excludes halogenated alkanes) is 7. The normalized spacial score (nSPS) is 11.7. The number of hydrogen-bond acceptors (Lipinski definition) is 1. The Kier molecular flexibility index (Phi) is 11.3. The molecule has 0 saturated carbocycles. The maximum Gasteiger partial charge on any atom is 0.257 e. The monoisotopic (exact) mass is 220 g/mol. The van der Waals surface area contributed by atoms with Crippen LogP contribution in [0.5, 0.6) is 0 Å². The third-order valence-electron chi connectivity index (χ3n) is 2.31. The molecule has 0 aromatic heterocycles. The zero-order valence-corrected chi connectivity index (χ0v) is 9.30. The first-order chi connectivity index (χ1) is 7.27. The van der Waals surface area contributed by atoms with Gasteiger partial charge in [-0.25, -0.2) is 8.78 Å². The number of allylic oxidation sites excluding steroid dienone is 2. The molecule has 0 amide bonds. The van der Waals surface area contributed by atoms with Crippen LogP contribution >= 0.6 is 0 Å². The Morgan fingerprint density at radius 2 is 1.40 bits per heavy atom. The number of alkyl halides is 2. The maximum atomic E-state index is 11.7. The molecule has 1 nitrogen and oxygen atoms in total. The highest BCUT2D eigenvalue weighted by atomic mass is 19.3. The lowest BCUT2D eigenvalue weighted by molar-refractivity contribution is 0.204. The molecule has 0 aromatic rings. The van der Waals surface area contributed by atoms with Gasteiger partial charge in [-0.1, -0.05) is 38.2 Å². The molecule has 0 heterocycles. The molecule has 3 heteroatoms. The third kappa shape index (κ3) is 13.6. The number of hydrogen-bond donors (Lipinski definition) is 1. The van der Waals surface area contributed by atoms with Crippen LogP contribution in [-0.2, 0) is 0 Å². The SMILES string of the molecule is OCCCCCCCCCC=CC(F)F. The lowest BCUT2D eigenvalue weighted by Crippen LogP contribution is -1.84. The average molecular weight is 220 g/mol. The molecule has 0 fully saturated rings. The highest BCUT2D eigenvalue weighted by Crippen LogP contribution is 2.09. The molecule has 0 spiro atoms. The second kappa shape index (κ2) is 11.6. The van der Waals surface area contributed by atoms with Crippen LogP contribution in [-0.4, -0.2) is 18.1 Å². The van der Waals surface area contributed by atoms with Crippen molar-refractivity contribution < 1.29 is 13.9 Å². The molecule has 0 aromatic carbocycles. The molecule has 0 aliphatic heterocycles. The van der Waals surface area contributed by atoms with Gasteiger partial charge < -0.3 is 5.11 Å². The Hall–Kier alpha value is -0.440. The second-order valence-electron chi connectivity index (χ2n) is 3.75. The fourth-order valence-corrected chi connectivity index (χ4v) is 1.46. The van der Waals surface area contributed by atoms with Crippen molar-refractivity contribution in [3.63, 3.8) is 0 Å². The molecule has 1 N–H and O–H groups in total. The molecule has 0 unspecified atom stereocenters. The van der Waals surface area contributed by atoms with Crippen molar-refractivity contribution in [3.8, 4) is 0 Å². The summed E-state index contributed by atoms with van der Waals surface area (Å²) in [5.41, 5.74) is 0. The molecule has 0 aliphatic rings. The van der Waals surface area contributed by atoms with Crippen LogP contribution in [0.1, 0.15) is 51.4 Å². The van der Waals surface area contributed by atoms with Crippen molar-refractivity contribution in [1.29, 1.82) is 0 Å². The standard InChI is InChI=1S/C12H22F2O/c13-12(14)10-8-6-4-2-1-3-5-7-9-11-15/h8,10,12,15H,1-7,9,11H2. The van der Waals surface area contributed by atoms with E-state index in [4.69, 9.17) is 5.11 Å². The van der Waals surface area contributed by atoms with E-state index in [1.807, 2.05) is 0 Å². The van der Waals surface area contributed by atoms with Crippen LogP contribution in [0, 0.1) is 0 Å². The van der Waals surface area contributed by atoms with Gasteiger partial charge in [-0.05, 0) is 25.3 Å². The molecule has 90 valence electrons. The Morgan fingerprint density at radius 1 is 0.867 bits per heavy atom. The molecule has 0 aliphatic carbocycles. The van der Waals surface area contributed by atoms with Gasteiger partial charge in [0.2, 0.25) is 0 Å². The molecule has 0 saturated heterocycles. The zero-order chi connectivity index (χ0) is 11.4. The average Bonchev–Trinajstić information content (AvgIpc) is 2.20. The predicted octanol–water partition coefficient (Wildman–Crippen LogP) is 3.92. The van der Waals surface area contributed by atoms with Gasteiger partial charge in [-0.15, -0.1) is 0 Å². The summed E-state index contributed by atoms with van der Waals surface area (Å²) in [7, 11) is 0. The van der Waals surface area contributed by atoms with Gasteiger partial charge in [0.1, 0.15) is 0 Å². The highest BCUT2D eigenvalue weighted by molar-refractivity contribution is 4.83. The van der Waals surface area contributed by atoms with Crippen LogP contribution in [0.4, 0.5) is 8.78 Å². The summed E-state index contributed by atoms with van der Waals surface area (Å²) in [5.74, 6) is 0. The molecular formula is C12H22F2O. The smallest absolute Gasteiger partial charge is 0.257 e. The van der Waals surface area contributed by atoms with E-state index in [0.29, 0.717) is 6.61 Å². The van der Waals surface area contributed by atoms with Gasteiger partial charge in [0.05, 0.1) is 0 Å². The summed E-state index contributed by atoms with van der Waals surface area (Å²) in [6.45, 7) is 0.290. The van der Waals surface area contributed by atoms with Gasteiger partial charge >= 0.3 is 0 Å². The van der Waals surface area contributed by atoms with E-state index in [-0.39, 0.29) is 0 Å². The summed E-state index contributed by atoms with van der Waals surface area (Å²) in [6.07, 6.45) is 8.65. The first-order valence-electron chi connectivity index (χ1n) is 5.83. The van der Waals surface area contributed by atoms with E-state index in [1.54, 1.807) is 6.08 Å². The van der Waals surface area contributed by atoms with Crippen molar-refractivity contribution in [2.75, 3.05) is 6.61 Å². The largest absolute Gasteiger partial charge is 0.396 e. The lowest BCUT2D eigenvalue weighted by atomic mass is 10.1. The topological polar surface area (TPSA) is 20.2 Å². The molecule has 0 radical (unpaired) electrons. The molecule has 0 rings (SSSR count). The van der Waals surface area contributed by atoms with Crippen molar-refractivity contribution in [2.45, 2.75) is 57.8 Å². The van der Waals surface area contributed by atoms with E-state index in [9.17, 15) is 8.78 Å². The van der Waals surface area contributed by atoms with Crippen molar-refractivity contribution in [1.82, 2.24) is 0 Å². The van der Waals surface area contributed by atoms with Gasteiger partial charge in [0, 0.05) is 6.61 Å². The van der Waals surface area contributed by atoms with E-state index in [2.05, 4.69) is 0 Å². The first-order valence-corrected chi connectivity index (χ1v) is 5.83. The van der Waals surface area contributed by atoms with Crippen molar-refractivity contribution >= 4 is 0 Å². The Balaban J connectivity index is 2.99. The number of halogens is 2. The Morgan fingerprint density at radius 3 is 1.93 bits per heavy atom. The molecule has 0 bridgehead atoms. The first kappa shape index (κ1) is 14.6. The van der Waals surface area contributed by atoms with Gasteiger partial charge in [-0.3, -0.25) is 0 Å². The Bertz CT molecular complexity index is 147. The highest BCUT2D eigenvalue weighted by Gasteiger charge is 1.93. The minimum atomic E-state index is -2.30. The lowest BCUT2D eigenvalue weighted by Gasteiger charge is -1.99. The number of aliphatic hydroxyl groups excluding tert-OH is 1. The quantitative estimate of drug-likeness (QED) is 0.437. The summed E-state index contributed by atoms with van der Waals surface area (Å²) < 4.78 is 23.4. The van der Waals surface area contributed by atoms with Gasteiger partial charge in [-0.2, -0.15) is 0 Å². The van der Waals surface area contributed by atoms with E-state index in [1.165, 1.54) is 19.3 Å². The van der Waals surface area contributed by atoms with Crippen molar-refractivity contribution in [3.05, 3.63) is 12.2 Å². The molecule has 0 atom stereocenters. The fourth-order valence-electron chi connectivity index (χ4n) is 1.46. The summed E-state index contributed by atoms with van der Waals surface area (Å²) in [4.78, 5) is 0. The van der Waals surface area contributed by atoms with Crippen LogP contribution in [0.2, 0.25) is 0 Å².